The van der Waals surface area contributed by atoms with Crippen LogP contribution in [-0.2, 0) is 0 Å². The molecule has 3 heteroatoms. The molecule has 0 heterocycles. The first-order valence-electron chi connectivity index (χ1n) is 6.83. The highest BCUT2D eigenvalue weighted by molar-refractivity contribution is 9.10. The van der Waals surface area contributed by atoms with Crippen LogP contribution in [0.4, 0.5) is 0 Å². The SMILES string of the molecule is CC(N)C(SC1CCCCC1)c1ccc(Br)cc1. The van der Waals surface area contributed by atoms with Crippen molar-refractivity contribution in [2.45, 2.75) is 55.6 Å². The number of nitrogens with two attached hydrogens (primary N) is 1. The van der Waals surface area contributed by atoms with E-state index in [1.165, 1.54) is 37.7 Å². The summed E-state index contributed by atoms with van der Waals surface area (Å²) in [6.07, 6.45) is 6.93. The second-order valence-corrected chi connectivity index (χ2v) is 7.59. The summed E-state index contributed by atoms with van der Waals surface area (Å²) in [5.41, 5.74) is 7.56. The summed E-state index contributed by atoms with van der Waals surface area (Å²) < 4.78 is 1.14. The van der Waals surface area contributed by atoms with E-state index in [0.717, 1.165) is 9.72 Å². The molecule has 1 aromatic rings. The van der Waals surface area contributed by atoms with Gasteiger partial charge in [-0.2, -0.15) is 0 Å². The first-order chi connectivity index (χ1) is 8.66. The number of hydrogen-bond acceptors (Lipinski definition) is 2. The maximum absolute atomic E-state index is 6.19. The van der Waals surface area contributed by atoms with Crippen LogP contribution in [0.15, 0.2) is 28.7 Å². The predicted molar refractivity (Wildman–Crippen MR) is 85.0 cm³/mol. The highest BCUT2D eigenvalue weighted by Crippen LogP contribution is 2.40. The molecular weight excluding hydrogens is 306 g/mol. The van der Waals surface area contributed by atoms with Crippen molar-refractivity contribution >= 4 is 27.7 Å². The lowest BCUT2D eigenvalue weighted by atomic mass is 10.0. The van der Waals surface area contributed by atoms with Gasteiger partial charge in [-0.25, -0.2) is 0 Å². The van der Waals surface area contributed by atoms with Crippen molar-refractivity contribution in [1.82, 2.24) is 0 Å². The van der Waals surface area contributed by atoms with E-state index in [0.29, 0.717) is 5.25 Å². The number of benzene rings is 1. The summed E-state index contributed by atoms with van der Waals surface area (Å²) in [5, 5.41) is 1.24. The fourth-order valence-corrected chi connectivity index (χ4v) is 4.41. The van der Waals surface area contributed by atoms with E-state index in [-0.39, 0.29) is 6.04 Å². The first kappa shape index (κ1) is 14.4. The van der Waals surface area contributed by atoms with Crippen molar-refractivity contribution in [1.29, 1.82) is 0 Å². The minimum Gasteiger partial charge on any atom is -0.327 e. The van der Waals surface area contributed by atoms with Crippen LogP contribution in [0.2, 0.25) is 0 Å². The Morgan fingerprint density at radius 1 is 1.17 bits per heavy atom. The Hall–Kier alpha value is 0.01000. The van der Waals surface area contributed by atoms with Gasteiger partial charge in [0.2, 0.25) is 0 Å². The lowest BCUT2D eigenvalue weighted by Gasteiger charge is -2.28. The molecule has 100 valence electrons. The molecule has 2 rings (SSSR count). The Morgan fingerprint density at radius 3 is 2.33 bits per heavy atom. The quantitative estimate of drug-likeness (QED) is 0.850. The molecule has 0 aromatic heterocycles. The molecule has 1 aromatic carbocycles. The minimum absolute atomic E-state index is 0.207. The smallest absolute Gasteiger partial charge is 0.0448 e. The molecule has 1 aliphatic carbocycles. The van der Waals surface area contributed by atoms with Crippen LogP contribution >= 0.6 is 27.7 Å². The van der Waals surface area contributed by atoms with Crippen LogP contribution in [0.1, 0.15) is 49.8 Å². The molecule has 0 amide bonds. The van der Waals surface area contributed by atoms with E-state index in [2.05, 4.69) is 58.9 Å². The van der Waals surface area contributed by atoms with Gasteiger partial charge >= 0.3 is 0 Å². The second-order valence-electron chi connectivity index (χ2n) is 5.23. The summed E-state index contributed by atoms with van der Waals surface area (Å²) in [4.78, 5) is 0. The number of thioether (sulfide) groups is 1. The fourth-order valence-electron chi connectivity index (χ4n) is 2.57. The van der Waals surface area contributed by atoms with Crippen LogP contribution in [0.25, 0.3) is 0 Å². The predicted octanol–water partition coefficient (Wildman–Crippen LogP) is 4.90. The third-order valence-corrected chi connectivity index (χ3v) is 5.95. The third kappa shape index (κ3) is 4.01. The van der Waals surface area contributed by atoms with E-state index in [4.69, 9.17) is 5.73 Å². The van der Waals surface area contributed by atoms with Gasteiger partial charge in [-0.05, 0) is 37.5 Å². The molecule has 18 heavy (non-hydrogen) atoms. The van der Waals surface area contributed by atoms with Crippen molar-refractivity contribution in [2.24, 2.45) is 5.73 Å². The van der Waals surface area contributed by atoms with Gasteiger partial charge < -0.3 is 5.73 Å². The highest BCUT2D eigenvalue weighted by Gasteiger charge is 2.23. The van der Waals surface area contributed by atoms with Crippen molar-refractivity contribution in [3.8, 4) is 0 Å². The van der Waals surface area contributed by atoms with E-state index >= 15 is 0 Å². The molecule has 0 radical (unpaired) electrons. The van der Waals surface area contributed by atoms with E-state index < -0.39 is 0 Å². The normalized spacial score (nSPS) is 20.6. The minimum atomic E-state index is 0.207. The molecule has 2 N–H and O–H groups in total. The number of hydrogen-bond donors (Lipinski definition) is 1. The van der Waals surface area contributed by atoms with E-state index in [1.54, 1.807) is 0 Å². The average molecular weight is 328 g/mol. The van der Waals surface area contributed by atoms with Gasteiger partial charge in [-0.15, -0.1) is 11.8 Å². The van der Waals surface area contributed by atoms with E-state index in [1.807, 2.05) is 0 Å². The topological polar surface area (TPSA) is 26.0 Å². The van der Waals surface area contributed by atoms with Gasteiger partial charge in [0.25, 0.3) is 0 Å². The molecule has 0 saturated heterocycles. The van der Waals surface area contributed by atoms with Gasteiger partial charge in [0, 0.05) is 21.0 Å². The lowest BCUT2D eigenvalue weighted by Crippen LogP contribution is -2.25. The van der Waals surface area contributed by atoms with Gasteiger partial charge in [0.15, 0.2) is 0 Å². The van der Waals surface area contributed by atoms with Crippen molar-refractivity contribution in [3.63, 3.8) is 0 Å². The molecule has 1 saturated carbocycles. The highest BCUT2D eigenvalue weighted by atomic mass is 79.9. The molecule has 2 atom stereocenters. The van der Waals surface area contributed by atoms with Crippen LogP contribution in [0, 0.1) is 0 Å². The summed E-state index contributed by atoms with van der Waals surface area (Å²) in [5.74, 6) is 0. The Kier molecular flexibility index (Phi) is 5.58. The molecule has 1 fully saturated rings. The Morgan fingerprint density at radius 2 is 1.78 bits per heavy atom. The van der Waals surface area contributed by atoms with Crippen LogP contribution in [0.3, 0.4) is 0 Å². The summed E-state index contributed by atoms with van der Waals surface area (Å²) in [7, 11) is 0. The molecule has 0 bridgehead atoms. The zero-order valence-corrected chi connectivity index (χ0v) is 13.3. The monoisotopic (exact) mass is 327 g/mol. The lowest BCUT2D eigenvalue weighted by molar-refractivity contribution is 0.513. The van der Waals surface area contributed by atoms with Crippen LogP contribution in [-0.4, -0.2) is 11.3 Å². The molecular formula is C15H22BrNS. The molecule has 1 aliphatic rings. The zero-order valence-electron chi connectivity index (χ0n) is 10.9. The van der Waals surface area contributed by atoms with Gasteiger partial charge in [0.05, 0.1) is 0 Å². The van der Waals surface area contributed by atoms with E-state index in [9.17, 15) is 0 Å². The Labute approximate surface area is 123 Å². The largest absolute Gasteiger partial charge is 0.327 e. The maximum Gasteiger partial charge on any atom is 0.0448 e. The zero-order chi connectivity index (χ0) is 13.0. The Balaban J connectivity index is 2.05. The Bertz CT molecular complexity index is 357. The van der Waals surface area contributed by atoms with Crippen LogP contribution in [0.5, 0.6) is 0 Å². The van der Waals surface area contributed by atoms with Crippen LogP contribution < -0.4 is 5.73 Å². The van der Waals surface area contributed by atoms with Crippen molar-refractivity contribution < 1.29 is 0 Å². The average Bonchev–Trinajstić information content (AvgIpc) is 2.38. The second kappa shape index (κ2) is 6.97. The van der Waals surface area contributed by atoms with Crippen molar-refractivity contribution in [3.05, 3.63) is 34.3 Å². The molecule has 2 unspecified atom stereocenters. The summed E-state index contributed by atoms with van der Waals surface area (Å²) in [6.45, 7) is 2.13. The number of halogens is 1. The number of rotatable bonds is 4. The summed E-state index contributed by atoms with van der Waals surface area (Å²) in [6, 6.07) is 8.85. The van der Waals surface area contributed by atoms with Gasteiger partial charge in [0.1, 0.15) is 0 Å². The fraction of sp³-hybridized carbons (Fsp3) is 0.600. The summed E-state index contributed by atoms with van der Waals surface area (Å²) >= 11 is 5.58. The maximum atomic E-state index is 6.19. The molecule has 0 aliphatic heterocycles. The van der Waals surface area contributed by atoms with Crippen molar-refractivity contribution in [2.75, 3.05) is 0 Å². The van der Waals surface area contributed by atoms with Gasteiger partial charge in [-0.3, -0.25) is 0 Å². The third-order valence-electron chi connectivity index (χ3n) is 3.57. The van der Waals surface area contributed by atoms with Gasteiger partial charge in [-0.1, -0.05) is 47.3 Å². The molecule has 1 nitrogen and oxygen atoms in total. The molecule has 0 spiro atoms. The standard InChI is InChI=1S/C15H22BrNS/c1-11(17)15(12-7-9-13(16)10-8-12)18-14-5-3-2-4-6-14/h7-11,14-15H,2-6,17H2,1H3. The first-order valence-corrected chi connectivity index (χ1v) is 8.57.